The number of esters is 1. The molecular weight excluding hydrogens is 204 g/mol. The molecule has 1 rings (SSSR count). The summed E-state index contributed by atoms with van der Waals surface area (Å²) in [6.45, 7) is 5.73. The molecule has 1 aromatic carbocycles. The summed E-state index contributed by atoms with van der Waals surface area (Å²) in [4.78, 5) is 11.5. The molecule has 0 spiro atoms. The predicted molar refractivity (Wildman–Crippen MR) is 62.6 cm³/mol. The molecule has 0 aliphatic rings. The summed E-state index contributed by atoms with van der Waals surface area (Å²) in [7, 11) is 1.39. The van der Waals surface area contributed by atoms with Crippen LogP contribution in [0.5, 0.6) is 5.75 Å². The molecule has 1 atom stereocenters. The third kappa shape index (κ3) is 2.99. The zero-order valence-electron chi connectivity index (χ0n) is 10.2. The zero-order valence-corrected chi connectivity index (χ0v) is 10.2. The molecule has 0 fully saturated rings. The molecule has 88 valence electrons. The minimum absolute atomic E-state index is 0.0889. The van der Waals surface area contributed by atoms with E-state index in [1.807, 2.05) is 45.0 Å². The van der Waals surface area contributed by atoms with Crippen molar-refractivity contribution in [2.24, 2.45) is 0 Å². The van der Waals surface area contributed by atoms with Crippen LogP contribution in [0.4, 0.5) is 0 Å². The van der Waals surface area contributed by atoms with Crippen molar-refractivity contribution >= 4 is 5.97 Å². The molecule has 0 aliphatic heterocycles. The van der Waals surface area contributed by atoms with Crippen LogP contribution in [0, 0.1) is 0 Å². The number of rotatable bonds is 4. The number of ether oxygens (including phenoxy) is 2. The number of hydrogen-bond donors (Lipinski definition) is 0. The highest BCUT2D eigenvalue weighted by molar-refractivity contribution is 5.78. The van der Waals surface area contributed by atoms with Crippen LogP contribution in [0.25, 0.3) is 0 Å². The molecule has 1 unspecified atom stereocenters. The summed E-state index contributed by atoms with van der Waals surface area (Å²) >= 11 is 0. The van der Waals surface area contributed by atoms with E-state index in [1.54, 1.807) is 0 Å². The SMILES string of the molecule is COC(=O)C(C)c1ccccc1OC(C)C. The Hall–Kier alpha value is -1.51. The Balaban J connectivity index is 2.98. The summed E-state index contributed by atoms with van der Waals surface area (Å²) in [5.41, 5.74) is 0.864. The maximum Gasteiger partial charge on any atom is 0.312 e. The lowest BCUT2D eigenvalue weighted by Gasteiger charge is -2.17. The second-order valence-electron chi connectivity index (χ2n) is 3.95. The van der Waals surface area contributed by atoms with Crippen molar-refractivity contribution in [3.05, 3.63) is 29.8 Å². The molecule has 1 aromatic rings. The average Bonchev–Trinajstić information content (AvgIpc) is 2.27. The van der Waals surface area contributed by atoms with Gasteiger partial charge in [-0.25, -0.2) is 0 Å². The number of benzene rings is 1. The van der Waals surface area contributed by atoms with E-state index in [9.17, 15) is 4.79 Å². The summed E-state index contributed by atoms with van der Waals surface area (Å²) in [5.74, 6) is 0.190. The Kier molecular flexibility index (Phi) is 4.35. The molecule has 0 aliphatic carbocycles. The standard InChI is InChI=1S/C13H18O3/c1-9(2)16-12-8-6-5-7-11(12)10(3)13(14)15-4/h5-10H,1-4H3. The van der Waals surface area contributed by atoms with E-state index in [2.05, 4.69) is 0 Å². The van der Waals surface area contributed by atoms with E-state index < -0.39 is 0 Å². The first-order valence-corrected chi connectivity index (χ1v) is 5.39. The monoisotopic (exact) mass is 222 g/mol. The molecule has 16 heavy (non-hydrogen) atoms. The Morgan fingerprint density at radius 2 is 1.81 bits per heavy atom. The van der Waals surface area contributed by atoms with Crippen molar-refractivity contribution in [1.29, 1.82) is 0 Å². The van der Waals surface area contributed by atoms with Crippen LogP contribution in [0.2, 0.25) is 0 Å². The van der Waals surface area contributed by atoms with Gasteiger partial charge in [0.25, 0.3) is 0 Å². The first-order valence-electron chi connectivity index (χ1n) is 5.39. The van der Waals surface area contributed by atoms with Gasteiger partial charge in [0.2, 0.25) is 0 Å². The van der Waals surface area contributed by atoms with Gasteiger partial charge in [-0.15, -0.1) is 0 Å². The fourth-order valence-electron chi connectivity index (χ4n) is 1.50. The van der Waals surface area contributed by atoms with Crippen molar-refractivity contribution in [3.8, 4) is 5.75 Å². The van der Waals surface area contributed by atoms with Gasteiger partial charge in [-0.1, -0.05) is 18.2 Å². The van der Waals surface area contributed by atoms with E-state index in [0.29, 0.717) is 0 Å². The third-order valence-electron chi connectivity index (χ3n) is 2.30. The highest BCUT2D eigenvalue weighted by atomic mass is 16.5. The Morgan fingerprint density at radius 1 is 1.19 bits per heavy atom. The first-order chi connectivity index (χ1) is 7.56. The second kappa shape index (κ2) is 5.54. The van der Waals surface area contributed by atoms with E-state index in [-0.39, 0.29) is 18.0 Å². The number of carbonyl (C=O) groups is 1. The maximum absolute atomic E-state index is 11.5. The molecule has 0 N–H and O–H groups in total. The van der Waals surface area contributed by atoms with Gasteiger partial charge < -0.3 is 9.47 Å². The van der Waals surface area contributed by atoms with E-state index >= 15 is 0 Å². The van der Waals surface area contributed by atoms with Crippen LogP contribution in [0.3, 0.4) is 0 Å². The van der Waals surface area contributed by atoms with Crippen molar-refractivity contribution in [2.45, 2.75) is 32.8 Å². The molecular formula is C13H18O3. The smallest absolute Gasteiger partial charge is 0.312 e. The minimum Gasteiger partial charge on any atom is -0.491 e. The number of carbonyl (C=O) groups excluding carboxylic acids is 1. The summed E-state index contributed by atoms with van der Waals surface area (Å²) in [5, 5.41) is 0. The van der Waals surface area contributed by atoms with Gasteiger partial charge in [0, 0.05) is 5.56 Å². The lowest BCUT2D eigenvalue weighted by atomic mass is 10.0. The predicted octanol–water partition coefficient (Wildman–Crippen LogP) is 2.75. The molecule has 3 nitrogen and oxygen atoms in total. The summed E-state index contributed by atoms with van der Waals surface area (Å²) < 4.78 is 10.4. The van der Waals surface area contributed by atoms with Crippen molar-refractivity contribution in [3.63, 3.8) is 0 Å². The molecule has 0 saturated carbocycles. The fraction of sp³-hybridized carbons (Fsp3) is 0.462. The molecule has 0 amide bonds. The molecule has 0 heterocycles. The lowest BCUT2D eigenvalue weighted by molar-refractivity contribution is -0.142. The molecule has 3 heteroatoms. The Labute approximate surface area is 96.4 Å². The van der Waals surface area contributed by atoms with Gasteiger partial charge in [-0.05, 0) is 26.8 Å². The van der Waals surface area contributed by atoms with E-state index in [4.69, 9.17) is 9.47 Å². The Bertz CT molecular complexity index is 358. The minimum atomic E-state index is -0.306. The largest absolute Gasteiger partial charge is 0.491 e. The van der Waals surface area contributed by atoms with E-state index in [1.165, 1.54) is 7.11 Å². The van der Waals surface area contributed by atoms with Crippen LogP contribution in [0.1, 0.15) is 32.3 Å². The Morgan fingerprint density at radius 3 is 2.38 bits per heavy atom. The van der Waals surface area contributed by atoms with Crippen LogP contribution >= 0.6 is 0 Å². The topological polar surface area (TPSA) is 35.5 Å². The van der Waals surface area contributed by atoms with Gasteiger partial charge in [0.15, 0.2) is 0 Å². The van der Waals surface area contributed by atoms with Gasteiger partial charge in [-0.2, -0.15) is 0 Å². The fourth-order valence-corrected chi connectivity index (χ4v) is 1.50. The van der Waals surface area contributed by atoms with Crippen LogP contribution in [-0.4, -0.2) is 19.2 Å². The van der Waals surface area contributed by atoms with E-state index in [0.717, 1.165) is 11.3 Å². The molecule has 0 radical (unpaired) electrons. The van der Waals surface area contributed by atoms with Gasteiger partial charge in [0.1, 0.15) is 5.75 Å². The average molecular weight is 222 g/mol. The van der Waals surface area contributed by atoms with Crippen LogP contribution in [0.15, 0.2) is 24.3 Å². The van der Waals surface area contributed by atoms with Crippen molar-refractivity contribution < 1.29 is 14.3 Å². The number of methoxy groups -OCH3 is 1. The van der Waals surface area contributed by atoms with Gasteiger partial charge in [-0.3, -0.25) is 4.79 Å². The maximum atomic E-state index is 11.5. The molecule has 0 aromatic heterocycles. The summed E-state index contributed by atoms with van der Waals surface area (Å²) in [6.07, 6.45) is 0.0889. The molecule has 0 saturated heterocycles. The number of hydrogen-bond acceptors (Lipinski definition) is 3. The summed E-state index contributed by atoms with van der Waals surface area (Å²) in [6, 6.07) is 7.54. The van der Waals surface area contributed by atoms with Crippen LogP contribution in [-0.2, 0) is 9.53 Å². The van der Waals surface area contributed by atoms with Gasteiger partial charge >= 0.3 is 5.97 Å². The van der Waals surface area contributed by atoms with Crippen molar-refractivity contribution in [2.75, 3.05) is 7.11 Å². The second-order valence-corrected chi connectivity index (χ2v) is 3.95. The van der Waals surface area contributed by atoms with Crippen LogP contribution < -0.4 is 4.74 Å². The normalized spacial score (nSPS) is 12.3. The quantitative estimate of drug-likeness (QED) is 0.735. The van der Waals surface area contributed by atoms with Gasteiger partial charge in [0.05, 0.1) is 19.1 Å². The number of para-hydroxylation sites is 1. The highest BCUT2D eigenvalue weighted by Gasteiger charge is 2.19. The first kappa shape index (κ1) is 12.6. The molecule has 0 bridgehead atoms. The zero-order chi connectivity index (χ0) is 12.1. The van der Waals surface area contributed by atoms with Crippen molar-refractivity contribution in [1.82, 2.24) is 0 Å². The third-order valence-corrected chi connectivity index (χ3v) is 2.30. The highest BCUT2D eigenvalue weighted by Crippen LogP contribution is 2.27. The lowest BCUT2D eigenvalue weighted by Crippen LogP contribution is -2.14.